The van der Waals surface area contributed by atoms with Gasteiger partial charge in [-0.2, -0.15) is 0 Å². The number of halogens is 1. The molecule has 2 aliphatic rings. The molecule has 2 atom stereocenters. The van der Waals surface area contributed by atoms with Crippen LogP contribution in [0.4, 0.5) is 5.13 Å². The molecular weight excluding hydrogens is 276 g/mol. The van der Waals surface area contributed by atoms with Crippen molar-refractivity contribution in [2.45, 2.75) is 6.42 Å². The van der Waals surface area contributed by atoms with Crippen molar-refractivity contribution in [3.8, 4) is 0 Å². The second-order valence-corrected chi connectivity index (χ2v) is 6.24. The van der Waals surface area contributed by atoms with E-state index in [1.807, 2.05) is 5.38 Å². The van der Waals surface area contributed by atoms with E-state index in [9.17, 15) is 0 Å². The molecule has 0 bridgehead atoms. The lowest BCUT2D eigenvalue weighted by atomic mass is 10.1. The van der Waals surface area contributed by atoms with Gasteiger partial charge in [0.05, 0.1) is 13.2 Å². The number of thiazole rings is 1. The molecule has 3 nitrogen and oxygen atoms in total. The van der Waals surface area contributed by atoms with Crippen LogP contribution in [0.5, 0.6) is 0 Å². The monoisotopic (exact) mass is 288 g/mol. The molecular formula is C10H13BrN2OS. The van der Waals surface area contributed by atoms with Gasteiger partial charge in [0.25, 0.3) is 0 Å². The van der Waals surface area contributed by atoms with E-state index in [2.05, 4.69) is 32.9 Å². The molecule has 0 spiro atoms. The van der Waals surface area contributed by atoms with E-state index in [1.165, 1.54) is 6.42 Å². The molecule has 3 rings (SSSR count). The normalized spacial score (nSPS) is 32.8. The van der Waals surface area contributed by atoms with Crippen LogP contribution < -0.4 is 4.90 Å². The maximum absolute atomic E-state index is 5.50. The molecule has 1 aromatic heterocycles. The first-order chi connectivity index (χ1) is 7.20. The summed E-state index contributed by atoms with van der Waals surface area (Å²) in [7, 11) is 2.12. The number of hydrogen-bond acceptors (Lipinski definition) is 4. The van der Waals surface area contributed by atoms with Crippen LogP contribution in [0.2, 0.25) is 0 Å². The summed E-state index contributed by atoms with van der Waals surface area (Å²) in [5.74, 6) is 0.809. The van der Waals surface area contributed by atoms with Crippen LogP contribution in [-0.4, -0.2) is 31.8 Å². The first-order valence-corrected chi connectivity index (χ1v) is 6.77. The molecule has 1 aliphatic carbocycles. The fraction of sp³-hybridized carbons (Fsp3) is 0.700. The number of nitrogens with zero attached hydrogens (tertiary/aromatic N) is 2. The van der Waals surface area contributed by atoms with Gasteiger partial charge in [-0.05, 0) is 28.3 Å². The Hall–Kier alpha value is -0.130. The van der Waals surface area contributed by atoms with Gasteiger partial charge in [0.2, 0.25) is 0 Å². The Balaban J connectivity index is 1.69. The van der Waals surface area contributed by atoms with Crippen molar-refractivity contribution >= 4 is 32.4 Å². The molecule has 82 valence electrons. The van der Waals surface area contributed by atoms with Crippen LogP contribution >= 0.6 is 27.3 Å². The van der Waals surface area contributed by atoms with E-state index in [-0.39, 0.29) is 0 Å². The van der Waals surface area contributed by atoms with Crippen LogP contribution in [-0.2, 0) is 4.74 Å². The van der Waals surface area contributed by atoms with Gasteiger partial charge in [-0.15, -0.1) is 11.3 Å². The predicted molar refractivity (Wildman–Crippen MR) is 64.4 cm³/mol. The Morgan fingerprint density at radius 2 is 2.67 bits per heavy atom. The minimum atomic E-state index is 0.451. The highest BCUT2D eigenvalue weighted by molar-refractivity contribution is 9.10. The molecule has 15 heavy (non-hydrogen) atoms. The number of anilines is 1. The lowest BCUT2D eigenvalue weighted by Gasteiger charge is -2.21. The van der Waals surface area contributed by atoms with Crippen molar-refractivity contribution < 1.29 is 4.74 Å². The van der Waals surface area contributed by atoms with E-state index in [0.717, 1.165) is 35.4 Å². The molecule has 2 unspecified atom stereocenters. The van der Waals surface area contributed by atoms with E-state index < -0.39 is 0 Å². The van der Waals surface area contributed by atoms with Gasteiger partial charge in [-0.3, -0.25) is 0 Å². The maximum Gasteiger partial charge on any atom is 0.186 e. The Morgan fingerprint density at radius 3 is 3.20 bits per heavy atom. The number of aromatic nitrogens is 1. The zero-order chi connectivity index (χ0) is 10.5. The summed E-state index contributed by atoms with van der Waals surface area (Å²) in [5, 5.41) is 3.12. The third-order valence-corrected chi connectivity index (χ3v) is 5.07. The predicted octanol–water partition coefficient (Wildman–Crippen LogP) is 2.38. The van der Waals surface area contributed by atoms with Gasteiger partial charge >= 0.3 is 0 Å². The second-order valence-electron chi connectivity index (χ2n) is 4.59. The van der Waals surface area contributed by atoms with Crippen molar-refractivity contribution in [2.75, 3.05) is 31.7 Å². The maximum atomic E-state index is 5.50. The average molecular weight is 289 g/mol. The van der Waals surface area contributed by atoms with Gasteiger partial charge in [-0.25, -0.2) is 4.98 Å². The van der Waals surface area contributed by atoms with Gasteiger partial charge in [-0.1, -0.05) is 0 Å². The standard InChI is InChI=1S/C10H13BrN2OS/c1-13(9-12-8(11)4-15-9)5-10-2-7(10)3-14-6-10/h4,7H,2-3,5-6H2,1H3. The van der Waals surface area contributed by atoms with Crippen LogP contribution in [0.3, 0.4) is 0 Å². The van der Waals surface area contributed by atoms with Crippen LogP contribution in [0.25, 0.3) is 0 Å². The quantitative estimate of drug-likeness (QED) is 0.854. The summed E-state index contributed by atoms with van der Waals surface area (Å²) < 4.78 is 6.43. The summed E-state index contributed by atoms with van der Waals surface area (Å²) in [6.07, 6.45) is 1.34. The smallest absolute Gasteiger partial charge is 0.186 e. The summed E-state index contributed by atoms with van der Waals surface area (Å²) in [4.78, 5) is 6.68. The van der Waals surface area contributed by atoms with Crippen LogP contribution in [0.1, 0.15) is 6.42 Å². The third kappa shape index (κ3) is 1.70. The molecule has 2 fully saturated rings. The molecule has 0 aromatic carbocycles. The zero-order valence-corrected chi connectivity index (χ0v) is 11.0. The van der Waals surface area contributed by atoms with Gasteiger partial charge in [0.1, 0.15) is 4.60 Å². The molecule has 1 aliphatic heterocycles. The Bertz CT molecular complexity index is 383. The molecule has 0 N–H and O–H groups in total. The molecule has 0 radical (unpaired) electrons. The molecule has 1 aromatic rings. The fourth-order valence-electron chi connectivity index (χ4n) is 2.45. The SMILES string of the molecule is CN(CC12COCC1C2)c1nc(Br)cs1. The lowest BCUT2D eigenvalue weighted by molar-refractivity contribution is 0.148. The van der Waals surface area contributed by atoms with E-state index in [4.69, 9.17) is 4.74 Å². The van der Waals surface area contributed by atoms with Crippen molar-refractivity contribution in [3.05, 3.63) is 9.98 Å². The molecule has 1 saturated heterocycles. The summed E-state index contributed by atoms with van der Waals surface area (Å²) in [6.45, 7) is 2.99. The minimum Gasteiger partial charge on any atom is -0.380 e. The highest BCUT2D eigenvalue weighted by Gasteiger charge is 2.58. The third-order valence-electron chi connectivity index (χ3n) is 3.41. The zero-order valence-electron chi connectivity index (χ0n) is 8.57. The number of ether oxygens (including phenoxy) is 1. The minimum absolute atomic E-state index is 0.451. The summed E-state index contributed by atoms with van der Waals surface area (Å²) in [6, 6.07) is 0. The van der Waals surface area contributed by atoms with Crippen LogP contribution in [0, 0.1) is 11.3 Å². The first kappa shape index (κ1) is 10.1. The first-order valence-electron chi connectivity index (χ1n) is 5.09. The lowest BCUT2D eigenvalue weighted by Crippen LogP contribution is -2.28. The van der Waals surface area contributed by atoms with Crippen molar-refractivity contribution in [2.24, 2.45) is 11.3 Å². The molecule has 0 amide bonds. The number of fused-ring (bicyclic) bond motifs is 1. The molecule has 1 saturated carbocycles. The topological polar surface area (TPSA) is 25.4 Å². The summed E-state index contributed by atoms with van der Waals surface area (Å²) in [5.41, 5.74) is 0.451. The highest BCUT2D eigenvalue weighted by atomic mass is 79.9. The van der Waals surface area contributed by atoms with Gasteiger partial charge in [0, 0.05) is 24.4 Å². The second kappa shape index (κ2) is 3.43. The average Bonchev–Trinajstić information content (AvgIpc) is 2.62. The van der Waals surface area contributed by atoms with Crippen molar-refractivity contribution in [1.82, 2.24) is 4.98 Å². The van der Waals surface area contributed by atoms with Crippen LogP contribution in [0.15, 0.2) is 9.98 Å². The highest BCUT2D eigenvalue weighted by Crippen LogP contribution is 2.57. The van der Waals surface area contributed by atoms with Gasteiger partial charge < -0.3 is 9.64 Å². The number of rotatable bonds is 3. The Morgan fingerprint density at radius 1 is 1.80 bits per heavy atom. The largest absolute Gasteiger partial charge is 0.380 e. The number of hydrogen-bond donors (Lipinski definition) is 0. The van der Waals surface area contributed by atoms with Crippen molar-refractivity contribution in [3.63, 3.8) is 0 Å². The molecule has 5 heteroatoms. The van der Waals surface area contributed by atoms with E-state index >= 15 is 0 Å². The van der Waals surface area contributed by atoms with Gasteiger partial charge in [0.15, 0.2) is 5.13 Å². The summed E-state index contributed by atoms with van der Waals surface area (Å²) >= 11 is 5.07. The Labute approximate surface area is 102 Å². The fourth-order valence-corrected chi connectivity index (χ4v) is 3.67. The van der Waals surface area contributed by atoms with E-state index in [0.29, 0.717) is 5.41 Å². The van der Waals surface area contributed by atoms with E-state index in [1.54, 1.807) is 11.3 Å². The Kier molecular flexibility index (Phi) is 2.30. The molecule has 2 heterocycles. The van der Waals surface area contributed by atoms with Crippen molar-refractivity contribution in [1.29, 1.82) is 0 Å².